The largest absolute Gasteiger partial charge is 0.338 e. The summed E-state index contributed by atoms with van der Waals surface area (Å²) in [6.45, 7) is 5.61. The lowest BCUT2D eigenvalue weighted by atomic mass is 10.1. The third-order valence-corrected chi connectivity index (χ3v) is 6.01. The Morgan fingerprint density at radius 1 is 1.10 bits per heavy atom. The van der Waals surface area contributed by atoms with E-state index in [-0.39, 0.29) is 17.8 Å². The fourth-order valence-corrected chi connectivity index (χ4v) is 4.34. The van der Waals surface area contributed by atoms with Crippen LogP contribution in [0.2, 0.25) is 0 Å². The summed E-state index contributed by atoms with van der Waals surface area (Å²) < 4.78 is 13.0. The van der Waals surface area contributed by atoms with Crippen LogP contribution in [0.15, 0.2) is 24.3 Å². The van der Waals surface area contributed by atoms with Crippen molar-refractivity contribution in [2.45, 2.75) is 64.1 Å². The van der Waals surface area contributed by atoms with Crippen molar-refractivity contribution in [2.24, 2.45) is 0 Å². The second-order valence-electron chi connectivity index (χ2n) is 8.09. The number of nitrogens with one attached hydrogen (secondary N) is 2. The minimum Gasteiger partial charge on any atom is -0.338 e. The first-order valence-corrected chi connectivity index (χ1v) is 10.9. The van der Waals surface area contributed by atoms with E-state index < -0.39 is 6.04 Å². The van der Waals surface area contributed by atoms with Crippen LogP contribution in [0.4, 0.5) is 9.18 Å². The number of piperazine rings is 1. The van der Waals surface area contributed by atoms with E-state index in [0.717, 1.165) is 38.2 Å². The predicted molar refractivity (Wildman–Crippen MR) is 111 cm³/mol. The Morgan fingerprint density at radius 2 is 1.76 bits per heavy atom. The van der Waals surface area contributed by atoms with Gasteiger partial charge < -0.3 is 15.5 Å². The molecule has 7 heteroatoms. The zero-order valence-corrected chi connectivity index (χ0v) is 17.3. The van der Waals surface area contributed by atoms with Gasteiger partial charge in [0.05, 0.1) is 0 Å². The van der Waals surface area contributed by atoms with Gasteiger partial charge in [0, 0.05) is 38.8 Å². The van der Waals surface area contributed by atoms with Crippen molar-refractivity contribution in [3.63, 3.8) is 0 Å². The number of hydrogen-bond donors (Lipinski definition) is 2. The van der Waals surface area contributed by atoms with Crippen LogP contribution in [0.25, 0.3) is 0 Å². The summed E-state index contributed by atoms with van der Waals surface area (Å²) in [6.07, 6.45) is 6.63. The predicted octanol–water partition coefficient (Wildman–Crippen LogP) is 2.88. The number of hydrogen-bond acceptors (Lipinski definition) is 3. The molecule has 6 nitrogen and oxygen atoms in total. The Hall–Kier alpha value is -2.15. The molecule has 3 rings (SSSR count). The van der Waals surface area contributed by atoms with Crippen LogP contribution in [0.3, 0.4) is 0 Å². The number of carbonyl (C=O) groups is 2. The number of halogens is 1. The smallest absolute Gasteiger partial charge is 0.315 e. The molecule has 1 heterocycles. The molecule has 1 aromatic rings. The van der Waals surface area contributed by atoms with Crippen LogP contribution in [-0.4, -0.2) is 60.0 Å². The second kappa shape index (κ2) is 10.6. The van der Waals surface area contributed by atoms with Gasteiger partial charge in [0.25, 0.3) is 0 Å². The number of rotatable bonds is 7. The molecule has 1 saturated heterocycles. The van der Waals surface area contributed by atoms with Gasteiger partial charge in [-0.05, 0) is 37.0 Å². The molecule has 29 heavy (non-hydrogen) atoms. The maximum atomic E-state index is 13.0. The fourth-order valence-electron chi connectivity index (χ4n) is 4.34. The lowest BCUT2D eigenvalue weighted by molar-refractivity contribution is -0.135. The van der Waals surface area contributed by atoms with E-state index in [1.807, 2.05) is 11.8 Å². The first-order chi connectivity index (χ1) is 14.1. The molecule has 160 valence electrons. The number of carbonyl (C=O) groups excluding carboxylic acids is 2. The number of urea groups is 1. The summed E-state index contributed by atoms with van der Waals surface area (Å²) in [5.41, 5.74) is 0.808. The molecule has 1 aromatic carbocycles. The normalized spacial score (nSPS) is 19.2. The quantitative estimate of drug-likeness (QED) is 0.735. The maximum absolute atomic E-state index is 13.0. The summed E-state index contributed by atoms with van der Waals surface area (Å²) in [7, 11) is 0. The van der Waals surface area contributed by atoms with Crippen molar-refractivity contribution in [1.29, 1.82) is 0 Å². The number of benzene rings is 1. The summed E-state index contributed by atoms with van der Waals surface area (Å²) in [5, 5.41) is 5.59. The summed E-state index contributed by atoms with van der Waals surface area (Å²) in [5.74, 6) is -0.297. The molecule has 1 atom stereocenters. The van der Waals surface area contributed by atoms with E-state index in [1.165, 1.54) is 37.8 Å². The summed E-state index contributed by atoms with van der Waals surface area (Å²) >= 11 is 0. The van der Waals surface area contributed by atoms with Gasteiger partial charge in [-0.2, -0.15) is 0 Å². The molecule has 0 spiro atoms. The molecule has 1 saturated carbocycles. The Labute approximate surface area is 172 Å². The fraction of sp³-hybridized carbons (Fsp3) is 0.636. The summed E-state index contributed by atoms with van der Waals surface area (Å²) in [4.78, 5) is 29.7. The molecular formula is C22H33FN4O2. The van der Waals surface area contributed by atoms with Gasteiger partial charge in [0.15, 0.2) is 0 Å². The molecule has 1 aliphatic heterocycles. The van der Waals surface area contributed by atoms with Crippen molar-refractivity contribution < 1.29 is 14.0 Å². The molecule has 2 aliphatic rings. The van der Waals surface area contributed by atoms with Crippen molar-refractivity contribution in [1.82, 2.24) is 20.4 Å². The van der Waals surface area contributed by atoms with Crippen LogP contribution in [-0.2, 0) is 11.3 Å². The lowest BCUT2D eigenvalue weighted by Gasteiger charge is -2.39. The lowest BCUT2D eigenvalue weighted by Crippen LogP contribution is -2.57. The Kier molecular flexibility index (Phi) is 7.86. The third-order valence-electron chi connectivity index (χ3n) is 6.01. The molecular weight excluding hydrogens is 371 g/mol. The van der Waals surface area contributed by atoms with Crippen LogP contribution >= 0.6 is 0 Å². The first-order valence-electron chi connectivity index (χ1n) is 10.9. The van der Waals surface area contributed by atoms with E-state index >= 15 is 0 Å². The van der Waals surface area contributed by atoms with Gasteiger partial charge in [0.2, 0.25) is 5.91 Å². The molecule has 1 aliphatic carbocycles. The second-order valence-corrected chi connectivity index (χ2v) is 8.09. The Morgan fingerprint density at radius 3 is 2.38 bits per heavy atom. The van der Waals surface area contributed by atoms with E-state index in [2.05, 4.69) is 15.5 Å². The Bertz CT molecular complexity index is 668. The van der Waals surface area contributed by atoms with Crippen molar-refractivity contribution in [3.8, 4) is 0 Å². The van der Waals surface area contributed by atoms with Gasteiger partial charge in [-0.25, -0.2) is 9.18 Å². The van der Waals surface area contributed by atoms with Gasteiger partial charge in [-0.1, -0.05) is 38.3 Å². The van der Waals surface area contributed by atoms with E-state index in [0.29, 0.717) is 19.0 Å². The summed E-state index contributed by atoms with van der Waals surface area (Å²) in [6, 6.07) is 5.81. The van der Waals surface area contributed by atoms with E-state index in [1.54, 1.807) is 12.1 Å². The van der Waals surface area contributed by atoms with Crippen LogP contribution < -0.4 is 10.6 Å². The number of nitrogens with zero attached hydrogens (tertiary/aromatic N) is 2. The minimum absolute atomic E-state index is 0.00912. The molecule has 1 unspecified atom stereocenters. The van der Waals surface area contributed by atoms with Gasteiger partial charge in [-0.15, -0.1) is 0 Å². The molecule has 2 fully saturated rings. The highest BCUT2D eigenvalue weighted by atomic mass is 19.1. The van der Waals surface area contributed by atoms with Crippen molar-refractivity contribution >= 4 is 11.9 Å². The van der Waals surface area contributed by atoms with Crippen molar-refractivity contribution in [3.05, 3.63) is 35.6 Å². The Balaban J connectivity index is 1.47. The zero-order valence-electron chi connectivity index (χ0n) is 17.3. The molecule has 0 radical (unpaired) electrons. The SMILES string of the molecule is CCCC(NC(=O)NCc1ccc(F)cc1)C(=O)N1CCN(C2CCCC2)CC1. The van der Waals surface area contributed by atoms with Crippen LogP contribution in [0, 0.1) is 5.82 Å². The standard InChI is InChI=1S/C22H33FN4O2/c1-2-5-20(25-22(29)24-16-17-8-10-18(23)11-9-17)21(28)27-14-12-26(13-15-27)19-6-3-4-7-19/h8-11,19-20H,2-7,12-16H2,1H3,(H2,24,25,29). The highest BCUT2D eigenvalue weighted by Gasteiger charge is 2.31. The van der Waals surface area contributed by atoms with Crippen molar-refractivity contribution in [2.75, 3.05) is 26.2 Å². The molecule has 3 amide bonds. The van der Waals surface area contributed by atoms with Gasteiger partial charge >= 0.3 is 6.03 Å². The van der Waals surface area contributed by atoms with Gasteiger partial charge in [0.1, 0.15) is 11.9 Å². The third kappa shape index (κ3) is 6.16. The minimum atomic E-state index is -0.508. The molecule has 2 N–H and O–H groups in total. The zero-order chi connectivity index (χ0) is 20.6. The first kappa shape index (κ1) is 21.6. The van der Waals surface area contributed by atoms with Gasteiger partial charge in [-0.3, -0.25) is 9.69 Å². The topological polar surface area (TPSA) is 64.7 Å². The van der Waals surface area contributed by atoms with Crippen LogP contribution in [0.1, 0.15) is 51.0 Å². The molecule has 0 bridgehead atoms. The average molecular weight is 405 g/mol. The van der Waals surface area contributed by atoms with E-state index in [9.17, 15) is 14.0 Å². The maximum Gasteiger partial charge on any atom is 0.315 e. The highest BCUT2D eigenvalue weighted by Crippen LogP contribution is 2.24. The van der Waals surface area contributed by atoms with Crippen LogP contribution in [0.5, 0.6) is 0 Å². The highest BCUT2D eigenvalue weighted by molar-refractivity contribution is 5.87. The monoisotopic (exact) mass is 404 g/mol. The number of amides is 3. The average Bonchev–Trinajstić information content (AvgIpc) is 3.27. The molecule has 0 aromatic heterocycles. The van der Waals surface area contributed by atoms with E-state index in [4.69, 9.17) is 0 Å².